The molecule has 10 N–H and O–H groups in total. The molecule has 1 aromatic carbocycles. The van der Waals surface area contributed by atoms with Crippen LogP contribution in [0.25, 0.3) is 0 Å². The summed E-state index contributed by atoms with van der Waals surface area (Å²) in [5.41, 5.74) is 2.30. The van der Waals surface area contributed by atoms with E-state index in [9.17, 15) is 60.3 Å². The van der Waals surface area contributed by atoms with E-state index in [1.165, 1.54) is 23.5 Å². The number of carbonyl (C=O) groups excluding carboxylic acids is 1. The predicted molar refractivity (Wildman–Crippen MR) is 224 cm³/mol. The highest BCUT2D eigenvalue weighted by Crippen LogP contribution is 2.36. The Morgan fingerprint density at radius 2 is 1.36 bits per heavy atom. The molecule has 0 spiro atoms. The molecule has 0 radical (unpaired) electrons. The third-order valence-electron chi connectivity index (χ3n) is 12.2. The summed E-state index contributed by atoms with van der Waals surface area (Å²) < 4.78 is 54.2. The third-order valence-corrected chi connectivity index (χ3v) is 13.2. The van der Waals surface area contributed by atoms with E-state index in [0.717, 1.165) is 48.4 Å². The van der Waals surface area contributed by atoms with Crippen LogP contribution in [0.3, 0.4) is 0 Å². The maximum absolute atomic E-state index is 13.3. The van der Waals surface area contributed by atoms with E-state index >= 15 is 0 Å². The fraction of sp³-hybridized carbons (Fsp3) is 0.714. The standard InChI is InChI=1S/C42H60FN5O18S/c43-22-9-7-21(8-10-22)14-23-20-67-38(44-23)25-6-5-12-48(25)42(59)61-19-24-15-47(46-45-24)11-3-1-2-4-13-60-39-34(57)31(54)36(27(17-50)63-39)66-41-35(58)32(55)37(28(18-51)64-41)65-40-33(56)30(53)29(52)26(16-49)62-40/h7-10,15,20,25-37,39-41,49-58H,1-6,11-14,16-19H2/t25-,26?,27?,28?,29+,30-,31+,32+,33?,34?,35?,36+,37+,39+,40-,41-/m0/s1. The summed E-state index contributed by atoms with van der Waals surface area (Å²) in [6, 6.07) is 6.11. The quantitative estimate of drug-likeness (QED) is 0.0546. The van der Waals surface area contributed by atoms with Gasteiger partial charge in [-0.15, -0.1) is 16.4 Å². The molecular weight excluding hydrogens is 914 g/mol. The number of amides is 1. The van der Waals surface area contributed by atoms with Gasteiger partial charge in [0.15, 0.2) is 18.9 Å². The second-order valence-electron chi connectivity index (χ2n) is 17.0. The molecule has 4 saturated heterocycles. The number of thiazole rings is 1. The van der Waals surface area contributed by atoms with Crippen LogP contribution in [0.15, 0.2) is 35.8 Å². The summed E-state index contributed by atoms with van der Waals surface area (Å²) in [7, 11) is 0. The van der Waals surface area contributed by atoms with Crippen LogP contribution in [0.2, 0.25) is 0 Å². The van der Waals surface area contributed by atoms with E-state index in [1.807, 2.05) is 5.38 Å². The molecule has 0 bridgehead atoms. The first-order valence-electron chi connectivity index (χ1n) is 22.3. The van der Waals surface area contributed by atoms with Crippen molar-refractivity contribution < 1.29 is 93.4 Å². The van der Waals surface area contributed by atoms with Crippen molar-refractivity contribution in [3.05, 3.63) is 63.6 Å². The number of aryl methyl sites for hydroxylation is 1. The molecule has 23 nitrogen and oxygen atoms in total. The zero-order valence-corrected chi connectivity index (χ0v) is 37.2. The Labute approximate surface area is 387 Å². The highest BCUT2D eigenvalue weighted by molar-refractivity contribution is 7.09. The topological polar surface area (TPSA) is 331 Å². The molecule has 4 aliphatic heterocycles. The Morgan fingerprint density at radius 3 is 2.03 bits per heavy atom. The normalized spacial score (nSPS) is 34.7. The second kappa shape index (κ2) is 23.9. The van der Waals surface area contributed by atoms with Crippen LogP contribution in [-0.4, -0.2) is 207 Å². The molecule has 16 atom stereocenters. The number of hydrogen-bond donors (Lipinski definition) is 10. The highest BCUT2D eigenvalue weighted by Gasteiger charge is 2.53. The zero-order chi connectivity index (χ0) is 47.8. The monoisotopic (exact) mass is 973 g/mol. The Hall–Kier alpha value is -3.45. The van der Waals surface area contributed by atoms with Crippen LogP contribution in [0.4, 0.5) is 9.18 Å². The molecule has 4 fully saturated rings. The molecular formula is C42H60FN5O18S. The Kier molecular flexibility index (Phi) is 18.3. The number of aliphatic hydroxyl groups excluding tert-OH is 10. The molecule has 7 rings (SSSR count). The van der Waals surface area contributed by atoms with E-state index in [-0.39, 0.29) is 25.1 Å². The van der Waals surface area contributed by atoms with Crippen LogP contribution < -0.4 is 0 Å². The summed E-state index contributed by atoms with van der Waals surface area (Å²) in [5, 5.41) is 115. The molecule has 67 heavy (non-hydrogen) atoms. The first-order chi connectivity index (χ1) is 32.3. The van der Waals surface area contributed by atoms with Gasteiger partial charge in [-0.1, -0.05) is 30.2 Å². The second-order valence-corrected chi connectivity index (χ2v) is 17.8. The Morgan fingerprint density at radius 1 is 0.746 bits per heavy atom. The van der Waals surface area contributed by atoms with Crippen molar-refractivity contribution >= 4 is 17.4 Å². The minimum Gasteiger partial charge on any atom is -0.443 e. The molecule has 374 valence electrons. The minimum absolute atomic E-state index is 0.0442. The van der Waals surface area contributed by atoms with Gasteiger partial charge in [0.25, 0.3) is 0 Å². The van der Waals surface area contributed by atoms with Crippen LogP contribution >= 0.6 is 11.3 Å². The molecule has 2 aromatic heterocycles. The number of hydrogen-bond acceptors (Lipinski definition) is 22. The third kappa shape index (κ3) is 12.5. The van der Waals surface area contributed by atoms with Gasteiger partial charge in [0, 0.05) is 31.5 Å². The summed E-state index contributed by atoms with van der Waals surface area (Å²) in [6.45, 7) is -1.14. The van der Waals surface area contributed by atoms with Gasteiger partial charge in [-0.3, -0.25) is 9.58 Å². The van der Waals surface area contributed by atoms with Gasteiger partial charge in [0.05, 0.1) is 37.8 Å². The van der Waals surface area contributed by atoms with E-state index in [0.29, 0.717) is 31.6 Å². The van der Waals surface area contributed by atoms with Crippen molar-refractivity contribution in [1.82, 2.24) is 24.9 Å². The fourth-order valence-corrected chi connectivity index (χ4v) is 9.42. The van der Waals surface area contributed by atoms with Crippen molar-refractivity contribution in [2.45, 2.75) is 156 Å². The molecule has 25 heteroatoms. The highest BCUT2D eigenvalue weighted by atomic mass is 32.1. The van der Waals surface area contributed by atoms with Gasteiger partial charge in [0.1, 0.15) is 96.4 Å². The maximum atomic E-state index is 13.3. The first kappa shape index (κ1) is 51.4. The fourth-order valence-electron chi connectivity index (χ4n) is 8.45. The summed E-state index contributed by atoms with van der Waals surface area (Å²) in [5.74, 6) is -0.293. The van der Waals surface area contributed by atoms with Crippen LogP contribution in [-0.2, 0) is 52.7 Å². The van der Waals surface area contributed by atoms with Crippen molar-refractivity contribution in [3.8, 4) is 0 Å². The number of ether oxygens (including phenoxy) is 7. The summed E-state index contributed by atoms with van der Waals surface area (Å²) in [6.07, 6.45) is -18.5. The van der Waals surface area contributed by atoms with Gasteiger partial charge >= 0.3 is 6.09 Å². The molecule has 0 saturated carbocycles. The van der Waals surface area contributed by atoms with Crippen LogP contribution in [0.5, 0.6) is 0 Å². The number of likely N-dealkylation sites (tertiary alicyclic amines) is 1. The number of halogens is 1. The van der Waals surface area contributed by atoms with Gasteiger partial charge in [-0.25, -0.2) is 14.2 Å². The number of carbonyl (C=O) groups is 1. The average molecular weight is 974 g/mol. The number of aliphatic hydroxyl groups is 10. The number of unbranched alkanes of at least 4 members (excludes halogenated alkanes) is 3. The number of benzene rings is 1. The van der Waals surface area contributed by atoms with Crippen LogP contribution in [0.1, 0.15) is 66.5 Å². The van der Waals surface area contributed by atoms with Crippen molar-refractivity contribution in [3.63, 3.8) is 0 Å². The molecule has 6 heterocycles. The zero-order valence-electron chi connectivity index (χ0n) is 36.4. The van der Waals surface area contributed by atoms with E-state index in [4.69, 9.17) is 38.1 Å². The lowest BCUT2D eigenvalue weighted by molar-refractivity contribution is -0.379. The lowest BCUT2D eigenvalue weighted by atomic mass is 9.96. The van der Waals surface area contributed by atoms with E-state index in [1.54, 1.807) is 27.9 Å². The lowest BCUT2D eigenvalue weighted by Crippen LogP contribution is -2.66. The molecule has 1 amide bonds. The van der Waals surface area contributed by atoms with E-state index in [2.05, 4.69) is 10.3 Å². The van der Waals surface area contributed by atoms with Crippen molar-refractivity contribution in [1.29, 1.82) is 0 Å². The average Bonchev–Trinajstić information content (AvgIpc) is 4.12. The van der Waals surface area contributed by atoms with Gasteiger partial charge in [0.2, 0.25) is 0 Å². The van der Waals surface area contributed by atoms with Crippen molar-refractivity contribution in [2.75, 3.05) is 33.0 Å². The number of aromatic nitrogens is 4. The lowest BCUT2D eigenvalue weighted by Gasteiger charge is -2.48. The smallest absolute Gasteiger partial charge is 0.410 e. The largest absolute Gasteiger partial charge is 0.443 e. The molecule has 0 aliphatic carbocycles. The minimum atomic E-state index is -1.94. The first-order valence-corrected chi connectivity index (χ1v) is 23.2. The predicted octanol–water partition coefficient (Wildman–Crippen LogP) is -2.04. The van der Waals surface area contributed by atoms with Gasteiger partial charge in [-0.05, 0) is 43.4 Å². The summed E-state index contributed by atoms with van der Waals surface area (Å²) in [4.78, 5) is 19.5. The van der Waals surface area contributed by atoms with Gasteiger partial charge in [-0.2, -0.15) is 0 Å². The molecule has 4 aliphatic rings. The van der Waals surface area contributed by atoms with Crippen LogP contribution in [0, 0.1) is 5.82 Å². The van der Waals surface area contributed by atoms with Gasteiger partial charge < -0.3 is 84.2 Å². The van der Waals surface area contributed by atoms with Crippen molar-refractivity contribution in [2.24, 2.45) is 0 Å². The SMILES string of the molecule is O=C(OCc1cn(CCCCCCO[C@@H]2OC(CO)[C@@H](O[C@@H]3OC(CO)[C@@H](O[C@@H]4OC(CO)[C@@H](O)[C@H](O)C4O)[C@H](O)C3O)[C@H](O)C2O)nn1)N1CCC[C@H]1c1nc(Cc2ccc(F)cc2)cs1. The molecule has 6 unspecified atom stereocenters. The number of nitrogens with zero attached hydrogens (tertiary/aromatic N) is 5. The summed E-state index contributed by atoms with van der Waals surface area (Å²) >= 11 is 1.49. The Bertz CT molecular complexity index is 1980. The molecule has 3 aromatic rings. The Balaban J connectivity index is 0.791. The number of rotatable bonds is 20. The maximum Gasteiger partial charge on any atom is 0.410 e. The van der Waals surface area contributed by atoms with E-state index < -0.39 is 118 Å².